The van der Waals surface area contributed by atoms with Gasteiger partial charge in [0, 0.05) is 5.56 Å². The van der Waals surface area contributed by atoms with Crippen LogP contribution in [0, 0.1) is 0 Å². The van der Waals surface area contributed by atoms with E-state index in [2.05, 4.69) is 31.2 Å². The highest BCUT2D eigenvalue weighted by Gasteiger charge is 2.58. The molecule has 1 fully saturated rings. The second-order valence-electron chi connectivity index (χ2n) is 7.56. The zero-order chi connectivity index (χ0) is 19.9. The summed E-state index contributed by atoms with van der Waals surface area (Å²) in [6.45, 7) is 1.85. The van der Waals surface area contributed by atoms with Crippen LogP contribution in [0.3, 0.4) is 0 Å². The molecule has 0 amide bonds. The quantitative estimate of drug-likeness (QED) is 0.575. The van der Waals surface area contributed by atoms with E-state index in [1.54, 1.807) is 0 Å². The number of aliphatic hydroxyl groups excluding tert-OH is 4. The molecule has 2 heterocycles. The predicted octanol–water partition coefficient (Wildman–Crippen LogP) is 0.172. The molecule has 2 aromatic rings. The molecule has 2 aliphatic heterocycles. The van der Waals surface area contributed by atoms with Crippen LogP contribution in [0.4, 0.5) is 0 Å². The second kappa shape index (κ2) is 8.49. The summed E-state index contributed by atoms with van der Waals surface area (Å²) in [5.41, 5.74) is 4.95. The van der Waals surface area contributed by atoms with Gasteiger partial charge in [-0.2, -0.15) is 0 Å². The molecule has 4 unspecified atom stereocenters. The molecule has 0 saturated carbocycles. The number of aryl methyl sites for hydroxylation is 1. The van der Waals surface area contributed by atoms with E-state index in [1.165, 1.54) is 11.1 Å². The Kier molecular flexibility index (Phi) is 6.40. The van der Waals surface area contributed by atoms with Gasteiger partial charge in [-0.3, -0.25) is 0 Å². The molecule has 2 aromatic carbocycles. The van der Waals surface area contributed by atoms with Crippen LogP contribution in [-0.4, -0.2) is 56.9 Å². The third-order valence-corrected chi connectivity index (χ3v) is 5.78. The summed E-state index contributed by atoms with van der Waals surface area (Å²) in [6.07, 6.45) is -3.69. The Bertz CT molecular complexity index is 836. The fourth-order valence-corrected chi connectivity index (χ4v) is 4.06. The van der Waals surface area contributed by atoms with Gasteiger partial charge in [0.1, 0.15) is 24.4 Å². The fraction of sp³-hybridized carbons (Fsp3) is 0.455. The largest absolute Gasteiger partial charge is 0.412 e. The van der Waals surface area contributed by atoms with Crippen molar-refractivity contribution in [2.24, 2.45) is 0 Å². The van der Waals surface area contributed by atoms with E-state index < -0.39 is 36.8 Å². The Morgan fingerprint density at radius 2 is 1.62 bits per heavy atom. The number of ether oxygens (including phenoxy) is 2. The first-order valence-electron chi connectivity index (χ1n) is 9.65. The van der Waals surface area contributed by atoms with Crippen LogP contribution in [0.5, 0.6) is 0 Å². The van der Waals surface area contributed by atoms with Crippen LogP contribution < -0.4 is 0 Å². The minimum absolute atomic E-state index is 0. The maximum Gasteiger partial charge on any atom is 0.225 e. The van der Waals surface area contributed by atoms with Crippen LogP contribution in [0.15, 0.2) is 42.5 Å². The van der Waals surface area contributed by atoms with Gasteiger partial charge < -0.3 is 35.4 Å². The van der Waals surface area contributed by atoms with Crippen molar-refractivity contribution >= 4 is 0 Å². The zero-order valence-electron chi connectivity index (χ0n) is 16.3. The maximum absolute atomic E-state index is 10.7. The lowest BCUT2D eigenvalue weighted by molar-refractivity contribution is -0.368. The molecule has 5 atom stereocenters. The van der Waals surface area contributed by atoms with Crippen molar-refractivity contribution in [2.75, 3.05) is 6.61 Å². The van der Waals surface area contributed by atoms with Crippen molar-refractivity contribution < 1.29 is 35.4 Å². The van der Waals surface area contributed by atoms with Gasteiger partial charge >= 0.3 is 0 Å². The van der Waals surface area contributed by atoms with E-state index in [4.69, 9.17) is 9.47 Å². The Morgan fingerprint density at radius 3 is 2.28 bits per heavy atom. The number of hydrogen-bond donors (Lipinski definition) is 4. The van der Waals surface area contributed by atoms with Gasteiger partial charge in [0.25, 0.3) is 0 Å². The van der Waals surface area contributed by atoms with Crippen LogP contribution in [0.2, 0.25) is 0 Å². The second-order valence-corrected chi connectivity index (χ2v) is 7.56. The molecule has 0 bridgehead atoms. The summed E-state index contributed by atoms with van der Waals surface area (Å²) in [7, 11) is 0. The molecule has 29 heavy (non-hydrogen) atoms. The molecule has 6 N–H and O–H groups in total. The van der Waals surface area contributed by atoms with Crippen LogP contribution >= 0.6 is 0 Å². The maximum atomic E-state index is 10.7. The summed E-state index contributed by atoms with van der Waals surface area (Å²) in [5, 5.41) is 40.5. The molecule has 1 spiro atoms. The van der Waals surface area contributed by atoms with E-state index >= 15 is 0 Å². The fourth-order valence-electron chi connectivity index (χ4n) is 4.06. The SMILES string of the molecule is CCc1ccc(Cc2ccc3c(c2)[C@]2(OC3)OC(CO)C(O)C(O)C2O)cc1.O. The summed E-state index contributed by atoms with van der Waals surface area (Å²) in [5.74, 6) is -1.59. The normalized spacial score (nSPS) is 30.8. The van der Waals surface area contributed by atoms with E-state index in [0.29, 0.717) is 12.0 Å². The molecular formula is C22H28O7. The third-order valence-electron chi connectivity index (χ3n) is 5.78. The van der Waals surface area contributed by atoms with Crippen molar-refractivity contribution in [1.29, 1.82) is 0 Å². The lowest BCUT2D eigenvalue weighted by Crippen LogP contribution is -2.63. The summed E-state index contributed by atoms with van der Waals surface area (Å²) >= 11 is 0. The van der Waals surface area contributed by atoms with Gasteiger partial charge in [-0.15, -0.1) is 0 Å². The molecule has 7 nitrogen and oxygen atoms in total. The Hall–Kier alpha value is -1.84. The van der Waals surface area contributed by atoms with Gasteiger partial charge in [0.05, 0.1) is 13.2 Å². The minimum atomic E-state index is -1.59. The van der Waals surface area contributed by atoms with Crippen molar-refractivity contribution in [3.05, 3.63) is 70.3 Å². The Balaban J connectivity index is 0.00000240. The van der Waals surface area contributed by atoms with Gasteiger partial charge in [0.15, 0.2) is 0 Å². The van der Waals surface area contributed by atoms with Gasteiger partial charge in [-0.05, 0) is 41.2 Å². The highest BCUT2D eigenvalue weighted by atomic mass is 16.7. The standard InChI is InChI=1S/C22H26O6.H2O/c1-2-13-3-5-14(6-4-13)9-15-7-8-16-12-27-22(17(16)10-15)21(26)20(25)19(24)18(11-23)28-22;/h3-8,10,18-21,23-26H,2,9,11-12H2,1H3;1H2/t18?,19?,20?,21?,22-;/m0./s1. The molecule has 1 saturated heterocycles. The molecular weight excluding hydrogens is 376 g/mol. The van der Waals surface area contributed by atoms with E-state index in [-0.39, 0.29) is 12.1 Å². The first kappa shape index (κ1) is 21.9. The van der Waals surface area contributed by atoms with Crippen molar-refractivity contribution in [1.82, 2.24) is 0 Å². The topological polar surface area (TPSA) is 131 Å². The number of benzene rings is 2. The lowest BCUT2D eigenvalue weighted by Gasteiger charge is -2.46. The number of aliphatic hydroxyl groups is 4. The molecule has 0 aromatic heterocycles. The van der Waals surface area contributed by atoms with Crippen molar-refractivity contribution in [2.45, 2.75) is 56.6 Å². The Labute approximate surface area is 169 Å². The summed E-state index contributed by atoms with van der Waals surface area (Å²) in [4.78, 5) is 0. The zero-order valence-corrected chi connectivity index (χ0v) is 16.3. The average Bonchev–Trinajstić information content (AvgIpc) is 3.08. The Morgan fingerprint density at radius 1 is 0.966 bits per heavy atom. The monoisotopic (exact) mass is 404 g/mol. The van der Waals surface area contributed by atoms with Crippen molar-refractivity contribution in [3.8, 4) is 0 Å². The van der Waals surface area contributed by atoms with E-state index in [0.717, 1.165) is 17.5 Å². The number of fused-ring (bicyclic) bond motifs is 2. The molecule has 2 aliphatic rings. The highest BCUT2D eigenvalue weighted by Crippen LogP contribution is 2.46. The summed E-state index contributed by atoms with van der Waals surface area (Å²) < 4.78 is 11.6. The molecule has 0 radical (unpaired) electrons. The molecule has 4 rings (SSSR count). The number of rotatable bonds is 4. The smallest absolute Gasteiger partial charge is 0.225 e. The molecule has 158 valence electrons. The predicted molar refractivity (Wildman–Crippen MR) is 105 cm³/mol. The first-order chi connectivity index (χ1) is 13.5. The third kappa shape index (κ3) is 3.71. The molecule has 0 aliphatic carbocycles. The number of hydrogen-bond acceptors (Lipinski definition) is 6. The van der Waals surface area contributed by atoms with E-state index in [1.807, 2.05) is 18.2 Å². The average molecular weight is 404 g/mol. The van der Waals surface area contributed by atoms with Crippen molar-refractivity contribution in [3.63, 3.8) is 0 Å². The molecule has 7 heteroatoms. The van der Waals surface area contributed by atoms with Crippen LogP contribution in [0.25, 0.3) is 0 Å². The van der Waals surface area contributed by atoms with Gasteiger partial charge in [-0.25, -0.2) is 0 Å². The summed E-state index contributed by atoms with van der Waals surface area (Å²) in [6, 6.07) is 14.3. The minimum Gasteiger partial charge on any atom is -0.412 e. The first-order valence-corrected chi connectivity index (χ1v) is 9.65. The van der Waals surface area contributed by atoms with Crippen LogP contribution in [0.1, 0.15) is 34.7 Å². The van der Waals surface area contributed by atoms with Gasteiger partial charge in [0.2, 0.25) is 5.79 Å². The van der Waals surface area contributed by atoms with E-state index in [9.17, 15) is 20.4 Å². The van der Waals surface area contributed by atoms with Gasteiger partial charge in [-0.1, -0.05) is 43.3 Å². The highest BCUT2D eigenvalue weighted by molar-refractivity contribution is 5.41. The van der Waals surface area contributed by atoms with Crippen LogP contribution in [-0.2, 0) is 34.7 Å². The lowest BCUT2D eigenvalue weighted by atomic mass is 9.86.